The summed E-state index contributed by atoms with van der Waals surface area (Å²) in [5.74, 6) is 1.03. The van der Waals surface area contributed by atoms with Crippen LogP contribution in [0.25, 0.3) is 5.70 Å². The van der Waals surface area contributed by atoms with Gasteiger partial charge in [-0.1, -0.05) is 39.8 Å². The molecule has 7 heteroatoms. The number of thioether (sulfide) groups is 1. The lowest BCUT2D eigenvalue weighted by molar-refractivity contribution is -0.677. The van der Waals surface area contributed by atoms with Gasteiger partial charge in [-0.3, -0.25) is 5.43 Å². The molecule has 3 N–H and O–H groups in total. The molecule has 1 fully saturated rings. The number of aromatic nitrogens is 3. The molecule has 2 aromatic rings. The van der Waals surface area contributed by atoms with Crippen LogP contribution in [0.2, 0.25) is 0 Å². The quantitative estimate of drug-likeness (QED) is 0.856. The molecule has 1 saturated heterocycles. The van der Waals surface area contributed by atoms with E-state index in [2.05, 4.69) is 66.5 Å². The smallest absolute Gasteiger partial charge is 0.214 e. The molecule has 0 bridgehead atoms. The van der Waals surface area contributed by atoms with Crippen molar-refractivity contribution in [2.24, 2.45) is 0 Å². The van der Waals surface area contributed by atoms with Gasteiger partial charge in [-0.25, -0.2) is 4.68 Å². The molecule has 4 rings (SSSR count). The molecule has 0 radical (unpaired) electrons. The Hall–Kier alpha value is -1.31. The Balaban J connectivity index is 1.64. The van der Waals surface area contributed by atoms with Crippen molar-refractivity contribution in [1.29, 1.82) is 0 Å². The lowest BCUT2D eigenvalue weighted by Crippen LogP contribution is -2.82. The molecule has 3 heterocycles. The van der Waals surface area contributed by atoms with E-state index in [0.29, 0.717) is 6.04 Å². The lowest BCUT2D eigenvalue weighted by atomic mass is 10.2. The van der Waals surface area contributed by atoms with Gasteiger partial charge in [-0.05, 0) is 12.1 Å². The van der Waals surface area contributed by atoms with E-state index in [1.807, 2.05) is 4.68 Å². The van der Waals surface area contributed by atoms with E-state index >= 15 is 0 Å². The van der Waals surface area contributed by atoms with Crippen LogP contribution >= 0.6 is 27.7 Å². The van der Waals surface area contributed by atoms with E-state index in [1.165, 1.54) is 19.4 Å². The number of nitrogens with two attached hydrogens (primary N) is 1. The van der Waals surface area contributed by atoms with Gasteiger partial charge in [-0.2, -0.15) is 0 Å². The van der Waals surface area contributed by atoms with Crippen molar-refractivity contribution in [1.82, 2.24) is 14.9 Å². The minimum absolute atomic E-state index is 0.420. The summed E-state index contributed by atoms with van der Waals surface area (Å²) in [6.07, 6.45) is 2.41. The average molecular weight is 365 g/mol. The molecule has 2 aliphatic heterocycles. The highest BCUT2D eigenvalue weighted by Gasteiger charge is 2.29. The molecule has 5 nitrogen and oxygen atoms in total. The maximum Gasteiger partial charge on any atom is 0.214 e. The third-order valence-electron chi connectivity index (χ3n) is 3.83. The Labute approximate surface area is 135 Å². The Bertz CT molecular complexity index is 688. The van der Waals surface area contributed by atoms with E-state index < -0.39 is 0 Å². The minimum atomic E-state index is 0.420. The zero-order valence-corrected chi connectivity index (χ0v) is 13.7. The van der Waals surface area contributed by atoms with Crippen molar-refractivity contribution in [2.75, 3.05) is 12.0 Å². The molecule has 0 saturated carbocycles. The molecule has 108 valence electrons. The summed E-state index contributed by atoms with van der Waals surface area (Å²) < 4.78 is 3.12. The lowest BCUT2D eigenvalue weighted by Gasteiger charge is -2.20. The fraction of sp³-hybridized carbons (Fsp3) is 0.286. The van der Waals surface area contributed by atoms with Crippen LogP contribution < -0.4 is 10.7 Å². The van der Waals surface area contributed by atoms with Crippen LogP contribution in [0.3, 0.4) is 0 Å². The molecule has 0 unspecified atom stereocenters. The minimum Gasteiger partial charge on any atom is -0.337 e. The van der Waals surface area contributed by atoms with Gasteiger partial charge in [-0.15, -0.1) is 10.2 Å². The largest absolute Gasteiger partial charge is 0.337 e. The molecular formula is C14H15BrN5S+. The zero-order chi connectivity index (χ0) is 14.2. The maximum atomic E-state index is 4.38. The van der Waals surface area contributed by atoms with E-state index in [1.54, 1.807) is 11.8 Å². The highest BCUT2D eigenvalue weighted by atomic mass is 79.9. The van der Waals surface area contributed by atoms with Crippen molar-refractivity contribution < 1.29 is 5.32 Å². The maximum absolute atomic E-state index is 4.38. The summed E-state index contributed by atoms with van der Waals surface area (Å²) in [5.41, 5.74) is 5.70. The van der Waals surface area contributed by atoms with Crippen molar-refractivity contribution in [3.8, 4) is 0 Å². The van der Waals surface area contributed by atoms with E-state index in [4.69, 9.17) is 0 Å². The predicted octanol–water partition coefficient (Wildman–Crippen LogP) is 2.09. The number of benzene rings is 1. The number of halogens is 1. The van der Waals surface area contributed by atoms with Gasteiger partial charge >= 0.3 is 0 Å². The van der Waals surface area contributed by atoms with Crippen molar-refractivity contribution in [3.05, 3.63) is 45.5 Å². The second-order valence-electron chi connectivity index (χ2n) is 5.22. The van der Waals surface area contributed by atoms with E-state index in [9.17, 15) is 0 Å². The standard InChI is InChI=1S/C14H14BrN5S/c15-10-5-3-9(4-6-10)12-8-21-14-18-17-13(20(14)19-12)11-2-1-7-16-11/h3-6,8,11,16,19H,1-2,7H2/p+1/t11-/m1/s1. The molecule has 0 aliphatic carbocycles. The van der Waals surface area contributed by atoms with Gasteiger partial charge in [0.15, 0.2) is 0 Å². The third-order valence-corrected chi connectivity index (χ3v) is 5.19. The van der Waals surface area contributed by atoms with Crippen LogP contribution in [0, 0.1) is 0 Å². The zero-order valence-electron chi connectivity index (χ0n) is 11.3. The number of rotatable bonds is 2. The van der Waals surface area contributed by atoms with E-state index in [0.717, 1.165) is 26.7 Å². The number of hydrogen-bond acceptors (Lipinski definition) is 4. The Morgan fingerprint density at radius 3 is 2.90 bits per heavy atom. The molecule has 21 heavy (non-hydrogen) atoms. The fourth-order valence-corrected chi connectivity index (χ4v) is 3.74. The molecule has 1 aromatic carbocycles. The van der Waals surface area contributed by atoms with Gasteiger partial charge in [0.1, 0.15) is 6.04 Å². The molecule has 1 atom stereocenters. The first kappa shape index (κ1) is 13.4. The second-order valence-corrected chi connectivity index (χ2v) is 6.97. The SMILES string of the molecule is Brc1ccc(C2=CSc3nnc([C@H]4CCC[NH2+]4)n3N2)cc1. The molecule has 2 aliphatic rings. The summed E-state index contributed by atoms with van der Waals surface area (Å²) in [6, 6.07) is 8.72. The summed E-state index contributed by atoms with van der Waals surface area (Å²) in [4.78, 5) is 0. The normalized spacial score (nSPS) is 20.8. The summed E-state index contributed by atoms with van der Waals surface area (Å²) in [7, 11) is 0. The Morgan fingerprint density at radius 2 is 2.14 bits per heavy atom. The van der Waals surface area contributed by atoms with Gasteiger partial charge in [0.05, 0.1) is 12.2 Å². The van der Waals surface area contributed by atoms with Gasteiger partial charge < -0.3 is 5.32 Å². The van der Waals surface area contributed by atoms with E-state index in [-0.39, 0.29) is 0 Å². The fourth-order valence-electron chi connectivity index (χ4n) is 2.73. The number of quaternary nitrogens is 1. The number of nitrogens with one attached hydrogen (secondary N) is 1. The molecule has 0 amide bonds. The monoisotopic (exact) mass is 364 g/mol. The predicted molar refractivity (Wildman–Crippen MR) is 86.1 cm³/mol. The Kier molecular flexibility index (Phi) is 3.48. The summed E-state index contributed by atoms with van der Waals surface area (Å²) in [6.45, 7) is 1.18. The van der Waals surface area contributed by atoms with Crippen molar-refractivity contribution in [2.45, 2.75) is 24.0 Å². The average Bonchev–Trinajstić information content (AvgIpc) is 3.16. The van der Waals surface area contributed by atoms with Crippen LogP contribution in [-0.2, 0) is 0 Å². The first-order chi connectivity index (χ1) is 10.3. The second kappa shape index (κ2) is 5.47. The first-order valence-electron chi connectivity index (χ1n) is 7.00. The van der Waals surface area contributed by atoms with Crippen LogP contribution in [0.15, 0.2) is 39.3 Å². The highest BCUT2D eigenvalue weighted by Crippen LogP contribution is 2.30. The molecule has 0 spiro atoms. The van der Waals surface area contributed by atoms with Gasteiger partial charge in [0.25, 0.3) is 0 Å². The molecular weight excluding hydrogens is 350 g/mol. The first-order valence-corrected chi connectivity index (χ1v) is 8.67. The van der Waals surface area contributed by atoms with Crippen LogP contribution in [0.1, 0.15) is 30.3 Å². The summed E-state index contributed by atoms with van der Waals surface area (Å²) in [5, 5.41) is 14.0. The molecule has 1 aromatic heterocycles. The number of hydrogen-bond donors (Lipinski definition) is 2. The summed E-state index contributed by atoms with van der Waals surface area (Å²) >= 11 is 5.09. The van der Waals surface area contributed by atoms with Gasteiger partial charge in [0.2, 0.25) is 11.0 Å². The number of fused-ring (bicyclic) bond motifs is 1. The highest BCUT2D eigenvalue weighted by molar-refractivity contribution is 9.10. The van der Waals surface area contributed by atoms with Crippen LogP contribution in [0.5, 0.6) is 0 Å². The third kappa shape index (κ3) is 2.49. The van der Waals surface area contributed by atoms with Crippen LogP contribution in [0.4, 0.5) is 0 Å². The Morgan fingerprint density at radius 1 is 1.29 bits per heavy atom. The van der Waals surface area contributed by atoms with Crippen molar-refractivity contribution in [3.63, 3.8) is 0 Å². The van der Waals surface area contributed by atoms with Gasteiger partial charge in [0, 0.05) is 28.3 Å². The topological polar surface area (TPSA) is 59.4 Å². The number of nitrogens with zero attached hydrogens (tertiary/aromatic N) is 3. The van der Waals surface area contributed by atoms with Crippen LogP contribution in [-0.4, -0.2) is 21.4 Å². The van der Waals surface area contributed by atoms with Crippen molar-refractivity contribution >= 4 is 33.4 Å².